The molecule has 1 N–H and O–H groups in total. The van der Waals surface area contributed by atoms with E-state index < -0.39 is 0 Å². The standard InChI is InChI=1S/C12H16N4S/c1-3-5-9-6-11(13-4-2)16-12(15-9)10-7-17-8-14-10/h6-8H,3-5H2,1-2H3,(H,13,15,16). The van der Waals surface area contributed by atoms with Crippen molar-refractivity contribution in [3.05, 3.63) is 22.7 Å². The molecular formula is C12H16N4S. The third-order valence-electron chi connectivity index (χ3n) is 2.30. The lowest BCUT2D eigenvalue weighted by atomic mass is 10.2. The van der Waals surface area contributed by atoms with Crippen LogP contribution in [0.15, 0.2) is 17.0 Å². The Balaban J connectivity index is 2.37. The van der Waals surface area contributed by atoms with Gasteiger partial charge in [0.1, 0.15) is 11.5 Å². The fourth-order valence-corrected chi connectivity index (χ4v) is 2.12. The van der Waals surface area contributed by atoms with E-state index in [-0.39, 0.29) is 0 Å². The molecule has 0 radical (unpaired) electrons. The molecule has 0 aliphatic carbocycles. The summed E-state index contributed by atoms with van der Waals surface area (Å²) in [5, 5.41) is 5.21. The van der Waals surface area contributed by atoms with Crippen LogP contribution in [0.5, 0.6) is 0 Å². The van der Waals surface area contributed by atoms with Crippen LogP contribution in [-0.2, 0) is 6.42 Å². The maximum absolute atomic E-state index is 4.54. The summed E-state index contributed by atoms with van der Waals surface area (Å²) in [7, 11) is 0. The summed E-state index contributed by atoms with van der Waals surface area (Å²) in [6.45, 7) is 5.07. The summed E-state index contributed by atoms with van der Waals surface area (Å²) in [4.78, 5) is 13.3. The van der Waals surface area contributed by atoms with Crippen molar-refractivity contribution in [3.8, 4) is 11.5 Å². The van der Waals surface area contributed by atoms with E-state index in [4.69, 9.17) is 0 Å². The van der Waals surface area contributed by atoms with Gasteiger partial charge in [-0.1, -0.05) is 13.3 Å². The molecule has 0 unspecified atom stereocenters. The first-order chi connectivity index (χ1) is 8.33. The molecule has 2 rings (SSSR count). The number of aryl methyl sites for hydroxylation is 1. The highest BCUT2D eigenvalue weighted by atomic mass is 32.1. The molecule has 0 bridgehead atoms. The largest absolute Gasteiger partial charge is 0.370 e. The number of hydrogen-bond donors (Lipinski definition) is 1. The molecule has 2 heterocycles. The normalized spacial score (nSPS) is 10.5. The minimum atomic E-state index is 0.716. The van der Waals surface area contributed by atoms with Gasteiger partial charge in [0.05, 0.1) is 5.51 Å². The van der Waals surface area contributed by atoms with Crippen LogP contribution in [0.25, 0.3) is 11.5 Å². The number of nitrogens with one attached hydrogen (secondary N) is 1. The van der Waals surface area contributed by atoms with Gasteiger partial charge in [-0.25, -0.2) is 15.0 Å². The van der Waals surface area contributed by atoms with Gasteiger partial charge in [0, 0.05) is 23.7 Å². The van der Waals surface area contributed by atoms with Crippen molar-refractivity contribution in [3.63, 3.8) is 0 Å². The van der Waals surface area contributed by atoms with Crippen LogP contribution in [0.3, 0.4) is 0 Å². The van der Waals surface area contributed by atoms with E-state index in [1.54, 1.807) is 16.8 Å². The van der Waals surface area contributed by atoms with E-state index in [0.29, 0.717) is 5.82 Å². The highest BCUT2D eigenvalue weighted by Crippen LogP contribution is 2.18. The molecule has 0 spiro atoms. The third-order valence-corrected chi connectivity index (χ3v) is 2.89. The van der Waals surface area contributed by atoms with Gasteiger partial charge >= 0.3 is 0 Å². The van der Waals surface area contributed by atoms with Gasteiger partial charge in [0.2, 0.25) is 0 Å². The Bertz CT molecular complexity index is 443. The zero-order chi connectivity index (χ0) is 12.1. The summed E-state index contributed by atoms with van der Waals surface area (Å²) in [6, 6.07) is 2.02. The van der Waals surface area contributed by atoms with Gasteiger partial charge in [-0.2, -0.15) is 0 Å². The van der Waals surface area contributed by atoms with E-state index in [1.807, 2.05) is 11.4 Å². The van der Waals surface area contributed by atoms with Gasteiger partial charge in [-0.05, 0) is 13.3 Å². The summed E-state index contributed by atoms with van der Waals surface area (Å²) in [6.07, 6.45) is 2.05. The molecule has 0 atom stereocenters. The summed E-state index contributed by atoms with van der Waals surface area (Å²) < 4.78 is 0. The second-order valence-corrected chi connectivity index (χ2v) is 4.44. The van der Waals surface area contributed by atoms with Gasteiger partial charge in [0.15, 0.2) is 5.82 Å². The Morgan fingerprint density at radius 3 is 2.82 bits per heavy atom. The molecule has 0 fully saturated rings. The summed E-state index contributed by atoms with van der Waals surface area (Å²) in [5.41, 5.74) is 3.73. The van der Waals surface area contributed by atoms with Crippen molar-refractivity contribution in [2.75, 3.05) is 11.9 Å². The monoisotopic (exact) mass is 248 g/mol. The second kappa shape index (κ2) is 5.72. The van der Waals surface area contributed by atoms with Crippen LogP contribution in [0.2, 0.25) is 0 Å². The van der Waals surface area contributed by atoms with Crippen molar-refractivity contribution in [2.45, 2.75) is 26.7 Å². The quantitative estimate of drug-likeness (QED) is 0.883. The number of thiazole rings is 1. The zero-order valence-electron chi connectivity index (χ0n) is 10.1. The van der Waals surface area contributed by atoms with Crippen LogP contribution >= 0.6 is 11.3 Å². The second-order valence-electron chi connectivity index (χ2n) is 3.72. The van der Waals surface area contributed by atoms with E-state index in [0.717, 1.165) is 36.6 Å². The summed E-state index contributed by atoms with van der Waals surface area (Å²) >= 11 is 1.56. The Morgan fingerprint density at radius 1 is 1.29 bits per heavy atom. The molecular weight excluding hydrogens is 232 g/mol. The Hall–Kier alpha value is -1.49. The predicted octanol–water partition coefficient (Wildman–Crippen LogP) is 2.98. The van der Waals surface area contributed by atoms with Crippen LogP contribution in [0.1, 0.15) is 26.0 Å². The molecule has 0 saturated carbocycles. The SMILES string of the molecule is CCCc1cc(NCC)nc(-c2cscn2)n1. The van der Waals surface area contributed by atoms with Crippen LogP contribution in [-0.4, -0.2) is 21.5 Å². The molecule has 0 aliphatic rings. The van der Waals surface area contributed by atoms with Crippen molar-refractivity contribution < 1.29 is 0 Å². The fourth-order valence-electron chi connectivity index (χ4n) is 1.59. The van der Waals surface area contributed by atoms with Crippen molar-refractivity contribution in [2.24, 2.45) is 0 Å². The average Bonchev–Trinajstić information content (AvgIpc) is 2.83. The highest BCUT2D eigenvalue weighted by Gasteiger charge is 2.07. The lowest BCUT2D eigenvalue weighted by Crippen LogP contribution is -2.04. The van der Waals surface area contributed by atoms with Crippen molar-refractivity contribution >= 4 is 17.2 Å². The van der Waals surface area contributed by atoms with Gasteiger partial charge in [-0.3, -0.25) is 0 Å². The van der Waals surface area contributed by atoms with Crippen molar-refractivity contribution in [1.29, 1.82) is 0 Å². The van der Waals surface area contributed by atoms with Gasteiger partial charge in [0.25, 0.3) is 0 Å². The molecule has 0 aliphatic heterocycles. The maximum Gasteiger partial charge on any atom is 0.181 e. The van der Waals surface area contributed by atoms with Crippen molar-refractivity contribution in [1.82, 2.24) is 15.0 Å². The molecule has 90 valence electrons. The molecule has 4 nitrogen and oxygen atoms in total. The number of aromatic nitrogens is 3. The number of anilines is 1. The first-order valence-electron chi connectivity index (χ1n) is 5.83. The molecule has 5 heteroatoms. The van der Waals surface area contributed by atoms with Crippen LogP contribution in [0, 0.1) is 0 Å². The number of hydrogen-bond acceptors (Lipinski definition) is 5. The number of nitrogens with zero attached hydrogens (tertiary/aromatic N) is 3. The minimum absolute atomic E-state index is 0.716. The number of rotatable bonds is 5. The summed E-state index contributed by atoms with van der Waals surface area (Å²) in [5.74, 6) is 1.60. The van der Waals surface area contributed by atoms with Crippen LogP contribution < -0.4 is 5.32 Å². The smallest absolute Gasteiger partial charge is 0.181 e. The maximum atomic E-state index is 4.54. The fraction of sp³-hybridized carbons (Fsp3) is 0.417. The highest BCUT2D eigenvalue weighted by molar-refractivity contribution is 7.07. The topological polar surface area (TPSA) is 50.7 Å². The molecule has 2 aromatic heterocycles. The third kappa shape index (κ3) is 3.00. The molecule has 0 amide bonds. The van der Waals surface area contributed by atoms with E-state index in [2.05, 4.69) is 34.1 Å². The lowest BCUT2D eigenvalue weighted by molar-refractivity contribution is 0.874. The van der Waals surface area contributed by atoms with Gasteiger partial charge in [-0.15, -0.1) is 11.3 Å². The Kier molecular flexibility index (Phi) is 4.03. The van der Waals surface area contributed by atoms with E-state index in [9.17, 15) is 0 Å². The molecule has 0 aromatic carbocycles. The Labute approximate surface area is 105 Å². The molecule has 2 aromatic rings. The van der Waals surface area contributed by atoms with E-state index in [1.165, 1.54) is 0 Å². The lowest BCUT2D eigenvalue weighted by Gasteiger charge is -2.07. The first-order valence-corrected chi connectivity index (χ1v) is 6.78. The minimum Gasteiger partial charge on any atom is -0.370 e. The van der Waals surface area contributed by atoms with Crippen LogP contribution in [0.4, 0.5) is 5.82 Å². The first kappa shape index (κ1) is 12.0. The zero-order valence-corrected chi connectivity index (χ0v) is 10.9. The predicted molar refractivity (Wildman–Crippen MR) is 71.3 cm³/mol. The Morgan fingerprint density at radius 2 is 2.18 bits per heavy atom. The molecule has 0 saturated heterocycles. The average molecular weight is 248 g/mol. The van der Waals surface area contributed by atoms with E-state index >= 15 is 0 Å². The van der Waals surface area contributed by atoms with Gasteiger partial charge < -0.3 is 5.32 Å². The molecule has 17 heavy (non-hydrogen) atoms.